The first-order valence-electron chi connectivity index (χ1n) is 10.2. The van der Waals surface area contributed by atoms with Crippen molar-refractivity contribution in [2.75, 3.05) is 31.6 Å². The molecule has 1 fully saturated rings. The van der Waals surface area contributed by atoms with Gasteiger partial charge in [0.15, 0.2) is 5.65 Å². The van der Waals surface area contributed by atoms with Gasteiger partial charge >= 0.3 is 0 Å². The van der Waals surface area contributed by atoms with Crippen LogP contribution in [0.3, 0.4) is 0 Å². The number of likely N-dealkylation sites (tertiary alicyclic amines) is 1. The second-order valence-corrected chi connectivity index (χ2v) is 7.72. The minimum Gasteiger partial charge on any atom is -0.343 e. The quantitative estimate of drug-likeness (QED) is 0.610. The van der Waals surface area contributed by atoms with Crippen molar-refractivity contribution < 1.29 is 9.59 Å². The van der Waals surface area contributed by atoms with Crippen molar-refractivity contribution in [3.05, 3.63) is 47.8 Å². The number of aromatic nitrogens is 3. The monoisotopic (exact) mass is 406 g/mol. The van der Waals surface area contributed by atoms with E-state index < -0.39 is 0 Å². The zero-order valence-corrected chi connectivity index (χ0v) is 17.3. The molecule has 156 valence electrons. The fraction of sp³-hybridized carbons (Fsp3) is 0.364. The van der Waals surface area contributed by atoms with E-state index in [1.165, 1.54) is 0 Å². The fourth-order valence-corrected chi connectivity index (χ4v) is 3.94. The Balaban J connectivity index is 1.52. The van der Waals surface area contributed by atoms with Gasteiger partial charge in [-0.15, -0.1) is 0 Å². The van der Waals surface area contributed by atoms with Gasteiger partial charge in [-0.3, -0.25) is 14.7 Å². The van der Waals surface area contributed by atoms with E-state index in [0.29, 0.717) is 6.54 Å². The van der Waals surface area contributed by atoms with Crippen molar-refractivity contribution in [3.63, 3.8) is 0 Å². The summed E-state index contributed by atoms with van der Waals surface area (Å²) >= 11 is 0. The third-order valence-corrected chi connectivity index (χ3v) is 5.76. The van der Waals surface area contributed by atoms with Crippen LogP contribution in [0.2, 0.25) is 0 Å². The zero-order chi connectivity index (χ0) is 21.1. The number of nitrogens with one attached hydrogen (secondary N) is 1. The molecule has 1 aliphatic heterocycles. The fourth-order valence-electron chi connectivity index (χ4n) is 3.94. The summed E-state index contributed by atoms with van der Waals surface area (Å²) in [4.78, 5) is 33.9. The summed E-state index contributed by atoms with van der Waals surface area (Å²) in [6.45, 7) is 4.13. The topological polar surface area (TPSA) is 85.4 Å². The molecule has 1 aliphatic rings. The van der Waals surface area contributed by atoms with Crippen LogP contribution < -0.4 is 4.90 Å². The summed E-state index contributed by atoms with van der Waals surface area (Å²) in [6, 6.07) is 8.05. The molecule has 30 heavy (non-hydrogen) atoms. The molecule has 3 aromatic rings. The first kappa shape index (κ1) is 19.9. The smallest absolute Gasteiger partial charge is 0.242 e. The number of hydrogen-bond acceptors (Lipinski definition) is 5. The molecular weight excluding hydrogens is 380 g/mol. The highest BCUT2D eigenvalue weighted by Gasteiger charge is 2.21. The number of H-pyrrole nitrogens is 1. The highest BCUT2D eigenvalue weighted by molar-refractivity contribution is 5.81. The zero-order valence-electron chi connectivity index (χ0n) is 17.3. The lowest BCUT2D eigenvalue weighted by Gasteiger charge is -2.25. The SMILES string of the molecule is Cc1c(CN(C=O)CC(=O)N2CCCC2)cccc1N(C)c1cnc2[nH]ncc2c1. The van der Waals surface area contributed by atoms with Crippen molar-refractivity contribution in [2.45, 2.75) is 26.3 Å². The average Bonchev–Trinajstić information content (AvgIpc) is 3.45. The predicted octanol–water partition coefficient (Wildman–Crippen LogP) is 2.62. The molecule has 2 aromatic heterocycles. The van der Waals surface area contributed by atoms with E-state index in [1.54, 1.807) is 17.3 Å². The minimum atomic E-state index is 0.0185. The Morgan fingerprint density at radius 3 is 2.83 bits per heavy atom. The Morgan fingerprint density at radius 2 is 2.07 bits per heavy atom. The van der Waals surface area contributed by atoms with Crippen molar-refractivity contribution >= 4 is 34.7 Å². The maximum Gasteiger partial charge on any atom is 0.242 e. The summed E-state index contributed by atoms with van der Waals surface area (Å²) in [5, 5.41) is 7.83. The van der Waals surface area contributed by atoms with Crippen LogP contribution in [0.5, 0.6) is 0 Å². The van der Waals surface area contributed by atoms with Gasteiger partial charge in [0.05, 0.1) is 24.6 Å². The number of fused-ring (bicyclic) bond motifs is 1. The van der Waals surface area contributed by atoms with Crippen LogP contribution in [-0.4, -0.2) is 64.0 Å². The van der Waals surface area contributed by atoms with Gasteiger partial charge in [-0.05, 0) is 43.0 Å². The first-order chi connectivity index (χ1) is 14.6. The lowest BCUT2D eigenvalue weighted by atomic mass is 10.0. The van der Waals surface area contributed by atoms with E-state index in [-0.39, 0.29) is 12.5 Å². The van der Waals surface area contributed by atoms with Gasteiger partial charge < -0.3 is 14.7 Å². The number of carbonyl (C=O) groups excluding carboxylic acids is 2. The molecule has 0 saturated carbocycles. The van der Waals surface area contributed by atoms with Gasteiger partial charge in [0, 0.05) is 37.8 Å². The number of amides is 2. The van der Waals surface area contributed by atoms with Crippen LogP contribution in [-0.2, 0) is 16.1 Å². The largest absolute Gasteiger partial charge is 0.343 e. The molecule has 0 atom stereocenters. The second kappa shape index (κ2) is 8.52. The number of hydrogen-bond donors (Lipinski definition) is 1. The Hall–Kier alpha value is -3.42. The maximum atomic E-state index is 12.4. The molecule has 4 rings (SSSR count). The predicted molar refractivity (Wildman–Crippen MR) is 115 cm³/mol. The van der Waals surface area contributed by atoms with Gasteiger partial charge in [-0.1, -0.05) is 12.1 Å². The van der Waals surface area contributed by atoms with Gasteiger partial charge in [0.1, 0.15) is 0 Å². The van der Waals surface area contributed by atoms with E-state index in [0.717, 1.165) is 65.9 Å². The molecule has 2 amide bonds. The summed E-state index contributed by atoms with van der Waals surface area (Å²) < 4.78 is 0. The molecule has 8 heteroatoms. The summed E-state index contributed by atoms with van der Waals surface area (Å²) in [6.07, 6.45) is 6.40. The van der Waals surface area contributed by atoms with E-state index in [1.807, 2.05) is 43.1 Å². The summed E-state index contributed by atoms with van der Waals surface area (Å²) in [5.74, 6) is 0.0185. The molecular formula is C22H26N6O2. The normalized spacial score (nSPS) is 13.6. The number of anilines is 2. The number of benzene rings is 1. The first-order valence-corrected chi connectivity index (χ1v) is 10.2. The lowest BCUT2D eigenvalue weighted by Crippen LogP contribution is -2.38. The Bertz CT molecular complexity index is 1060. The molecule has 1 N–H and O–H groups in total. The molecule has 0 spiro atoms. The Labute approximate surface area is 175 Å². The number of nitrogens with zero attached hydrogens (tertiary/aromatic N) is 5. The van der Waals surface area contributed by atoms with Gasteiger partial charge in [-0.2, -0.15) is 5.10 Å². The standard InChI is InChI=1S/C22H26N6O2/c1-16-17(13-27(15-29)14-21(30)28-8-3-4-9-28)6-5-7-20(16)26(2)19-10-18-11-24-25-22(18)23-12-19/h5-7,10-12,15H,3-4,8-9,13-14H2,1-2H3,(H,23,24,25). The summed E-state index contributed by atoms with van der Waals surface area (Å²) in [7, 11) is 1.99. The number of carbonyl (C=O) groups is 2. The molecule has 3 heterocycles. The maximum absolute atomic E-state index is 12.4. The van der Waals surface area contributed by atoms with Crippen molar-refractivity contribution in [2.24, 2.45) is 0 Å². The molecule has 0 radical (unpaired) electrons. The lowest BCUT2D eigenvalue weighted by molar-refractivity contribution is -0.135. The molecule has 0 bridgehead atoms. The number of aromatic amines is 1. The molecule has 0 aliphatic carbocycles. The van der Waals surface area contributed by atoms with Gasteiger partial charge in [0.25, 0.3) is 0 Å². The number of rotatable bonds is 7. The van der Waals surface area contributed by atoms with Gasteiger partial charge in [0.2, 0.25) is 12.3 Å². The van der Waals surface area contributed by atoms with Crippen molar-refractivity contribution in [1.29, 1.82) is 0 Å². The molecule has 0 unspecified atom stereocenters. The highest BCUT2D eigenvalue weighted by atomic mass is 16.2. The van der Waals surface area contributed by atoms with E-state index in [4.69, 9.17) is 0 Å². The second-order valence-electron chi connectivity index (χ2n) is 7.72. The minimum absolute atomic E-state index is 0.0185. The van der Waals surface area contributed by atoms with Crippen LogP contribution >= 0.6 is 0 Å². The third kappa shape index (κ3) is 3.98. The highest BCUT2D eigenvalue weighted by Crippen LogP contribution is 2.30. The van der Waals surface area contributed by atoms with E-state index in [9.17, 15) is 9.59 Å². The van der Waals surface area contributed by atoms with Gasteiger partial charge in [-0.25, -0.2) is 4.98 Å². The Kier molecular flexibility index (Phi) is 5.65. The van der Waals surface area contributed by atoms with E-state index in [2.05, 4.69) is 20.1 Å². The van der Waals surface area contributed by atoms with E-state index >= 15 is 0 Å². The average molecular weight is 406 g/mol. The molecule has 8 nitrogen and oxygen atoms in total. The summed E-state index contributed by atoms with van der Waals surface area (Å²) in [5.41, 5.74) is 4.79. The van der Waals surface area contributed by atoms with Crippen molar-refractivity contribution in [3.8, 4) is 0 Å². The molecule has 1 aromatic carbocycles. The van der Waals surface area contributed by atoms with Crippen molar-refractivity contribution in [1.82, 2.24) is 25.0 Å². The Morgan fingerprint density at radius 1 is 1.27 bits per heavy atom. The van der Waals surface area contributed by atoms with Crippen LogP contribution in [0.1, 0.15) is 24.0 Å². The molecule has 1 saturated heterocycles. The van der Waals surface area contributed by atoms with Crippen LogP contribution in [0.15, 0.2) is 36.7 Å². The number of pyridine rings is 1. The van der Waals surface area contributed by atoms with Crippen LogP contribution in [0.25, 0.3) is 11.0 Å². The third-order valence-electron chi connectivity index (χ3n) is 5.76. The van der Waals surface area contributed by atoms with Crippen LogP contribution in [0.4, 0.5) is 11.4 Å². The van der Waals surface area contributed by atoms with Crippen LogP contribution in [0, 0.1) is 6.92 Å².